The number of hydrogen-bond donors (Lipinski definition) is 0. The molecule has 5 nitrogen and oxygen atoms in total. The molecule has 0 aromatic carbocycles. The summed E-state index contributed by atoms with van der Waals surface area (Å²) in [7, 11) is 0. The van der Waals surface area contributed by atoms with Crippen LogP contribution in [0.2, 0.25) is 0 Å². The summed E-state index contributed by atoms with van der Waals surface area (Å²) in [6.45, 7) is 5.46. The smallest absolute Gasteiger partial charge is 0.343 e. The molecule has 0 amide bonds. The number of hydrogen-bond acceptors (Lipinski definition) is 4. The minimum absolute atomic E-state index is 0.0956. The molecule has 0 aliphatic carbocycles. The summed E-state index contributed by atoms with van der Waals surface area (Å²) >= 11 is 3.32. The molecular formula is C14H15BrFN3O2. The second-order valence-electron chi connectivity index (χ2n) is 4.81. The van der Waals surface area contributed by atoms with Crippen molar-refractivity contribution in [1.82, 2.24) is 14.8 Å². The van der Waals surface area contributed by atoms with E-state index in [2.05, 4.69) is 26.0 Å². The Labute approximate surface area is 130 Å². The fourth-order valence-electron chi connectivity index (χ4n) is 1.82. The van der Waals surface area contributed by atoms with E-state index < -0.39 is 17.9 Å². The van der Waals surface area contributed by atoms with Gasteiger partial charge in [-0.1, -0.05) is 0 Å². The number of carbonyl (C=O) groups excluding carboxylic acids is 1. The SMILES string of the molecule is CC(C)n1ncc(C(=O)O[C@H](C)c2ncccc2F)c1Br. The Morgan fingerprint density at radius 1 is 1.43 bits per heavy atom. The Balaban J connectivity index is 2.17. The van der Waals surface area contributed by atoms with Crippen molar-refractivity contribution in [2.75, 3.05) is 0 Å². The van der Waals surface area contributed by atoms with Crippen LogP contribution >= 0.6 is 15.9 Å². The highest BCUT2D eigenvalue weighted by molar-refractivity contribution is 9.10. The minimum Gasteiger partial charge on any atom is -0.452 e. The zero-order valence-electron chi connectivity index (χ0n) is 11.9. The van der Waals surface area contributed by atoms with Crippen LogP contribution in [0.25, 0.3) is 0 Å². The highest BCUT2D eigenvalue weighted by Gasteiger charge is 2.22. The van der Waals surface area contributed by atoms with Crippen LogP contribution in [0.3, 0.4) is 0 Å². The van der Waals surface area contributed by atoms with Gasteiger partial charge in [0.05, 0.1) is 6.20 Å². The summed E-state index contributed by atoms with van der Waals surface area (Å²) in [6.07, 6.45) is 2.09. The van der Waals surface area contributed by atoms with Gasteiger partial charge >= 0.3 is 5.97 Å². The molecule has 7 heteroatoms. The van der Waals surface area contributed by atoms with E-state index in [0.29, 0.717) is 10.2 Å². The molecule has 0 aliphatic rings. The number of pyridine rings is 1. The zero-order valence-corrected chi connectivity index (χ0v) is 13.5. The van der Waals surface area contributed by atoms with Crippen LogP contribution in [0.15, 0.2) is 29.1 Å². The third-order valence-corrected chi connectivity index (χ3v) is 3.69. The lowest BCUT2D eigenvalue weighted by atomic mass is 10.2. The molecular weight excluding hydrogens is 341 g/mol. The lowest BCUT2D eigenvalue weighted by molar-refractivity contribution is 0.0320. The molecule has 2 aromatic heterocycles. The van der Waals surface area contributed by atoms with Gasteiger partial charge in [-0.2, -0.15) is 5.10 Å². The molecule has 112 valence electrons. The zero-order chi connectivity index (χ0) is 15.6. The highest BCUT2D eigenvalue weighted by Crippen LogP contribution is 2.24. The number of esters is 1. The second kappa shape index (κ2) is 6.34. The Morgan fingerprint density at radius 3 is 2.71 bits per heavy atom. The number of aromatic nitrogens is 3. The lowest BCUT2D eigenvalue weighted by Crippen LogP contribution is -2.12. The van der Waals surface area contributed by atoms with Gasteiger partial charge in [-0.15, -0.1) is 0 Å². The third kappa shape index (κ3) is 3.29. The van der Waals surface area contributed by atoms with E-state index in [4.69, 9.17) is 4.74 Å². The van der Waals surface area contributed by atoms with Gasteiger partial charge in [-0.3, -0.25) is 9.67 Å². The van der Waals surface area contributed by atoms with Crippen LogP contribution in [0.4, 0.5) is 4.39 Å². The van der Waals surface area contributed by atoms with Crippen molar-refractivity contribution in [3.8, 4) is 0 Å². The van der Waals surface area contributed by atoms with Gasteiger partial charge in [0.15, 0.2) is 0 Å². The second-order valence-corrected chi connectivity index (χ2v) is 5.56. The summed E-state index contributed by atoms with van der Waals surface area (Å²) in [5, 5.41) is 4.11. The first kappa shape index (κ1) is 15.6. The van der Waals surface area contributed by atoms with Crippen molar-refractivity contribution in [2.24, 2.45) is 0 Å². The summed E-state index contributed by atoms with van der Waals surface area (Å²) in [5.41, 5.74) is 0.394. The fourth-order valence-corrected chi connectivity index (χ4v) is 2.59. The first-order valence-electron chi connectivity index (χ1n) is 6.46. The normalized spacial score (nSPS) is 12.5. The van der Waals surface area contributed by atoms with Crippen molar-refractivity contribution in [3.63, 3.8) is 0 Å². The van der Waals surface area contributed by atoms with Crippen LogP contribution in [0.5, 0.6) is 0 Å². The first-order chi connectivity index (χ1) is 9.91. The van der Waals surface area contributed by atoms with E-state index in [1.165, 1.54) is 24.5 Å². The van der Waals surface area contributed by atoms with Crippen LogP contribution in [0, 0.1) is 5.82 Å². The molecule has 0 fully saturated rings. The van der Waals surface area contributed by atoms with E-state index in [-0.39, 0.29) is 11.7 Å². The third-order valence-electron chi connectivity index (χ3n) is 2.90. The van der Waals surface area contributed by atoms with Crippen LogP contribution in [0.1, 0.15) is 49.0 Å². The molecule has 0 aliphatic heterocycles. The minimum atomic E-state index is -0.784. The predicted molar refractivity (Wildman–Crippen MR) is 78.3 cm³/mol. The van der Waals surface area contributed by atoms with Crippen molar-refractivity contribution in [3.05, 3.63) is 46.2 Å². The van der Waals surface area contributed by atoms with E-state index in [1.54, 1.807) is 11.6 Å². The van der Waals surface area contributed by atoms with Gasteiger partial charge in [0.2, 0.25) is 0 Å². The lowest BCUT2D eigenvalue weighted by Gasteiger charge is -2.13. The first-order valence-corrected chi connectivity index (χ1v) is 7.25. The predicted octanol–water partition coefficient (Wildman–Crippen LogP) is 3.68. The van der Waals surface area contributed by atoms with Crippen LogP contribution < -0.4 is 0 Å². The molecule has 1 atom stereocenters. The molecule has 0 bridgehead atoms. The quantitative estimate of drug-likeness (QED) is 0.785. The monoisotopic (exact) mass is 355 g/mol. The Morgan fingerprint density at radius 2 is 2.14 bits per heavy atom. The van der Waals surface area contributed by atoms with Crippen LogP contribution in [-0.4, -0.2) is 20.7 Å². The maximum absolute atomic E-state index is 13.6. The molecule has 0 saturated heterocycles. The van der Waals surface area contributed by atoms with Gasteiger partial charge in [-0.05, 0) is 48.8 Å². The van der Waals surface area contributed by atoms with Gasteiger partial charge in [0.25, 0.3) is 0 Å². The average Bonchev–Trinajstić information content (AvgIpc) is 2.81. The van der Waals surface area contributed by atoms with E-state index >= 15 is 0 Å². The van der Waals surface area contributed by atoms with Crippen molar-refractivity contribution in [1.29, 1.82) is 0 Å². The standard InChI is InChI=1S/C14H15BrFN3O2/c1-8(2)19-13(15)10(7-18-19)14(20)21-9(3)12-11(16)5-4-6-17-12/h4-9H,1-3H3/t9-/m1/s1. The maximum atomic E-state index is 13.6. The van der Waals surface area contributed by atoms with Gasteiger partial charge < -0.3 is 4.74 Å². The average molecular weight is 356 g/mol. The van der Waals surface area contributed by atoms with Crippen molar-refractivity contribution < 1.29 is 13.9 Å². The Hall–Kier alpha value is -1.76. The van der Waals surface area contributed by atoms with E-state index in [0.717, 1.165) is 0 Å². The molecule has 2 heterocycles. The summed E-state index contributed by atoms with van der Waals surface area (Å²) < 4.78 is 21.0. The molecule has 21 heavy (non-hydrogen) atoms. The van der Waals surface area contributed by atoms with Crippen molar-refractivity contribution in [2.45, 2.75) is 32.9 Å². The largest absolute Gasteiger partial charge is 0.452 e. The molecule has 2 aromatic rings. The Bertz CT molecular complexity index is 657. The fraction of sp³-hybridized carbons (Fsp3) is 0.357. The number of ether oxygens (including phenoxy) is 1. The number of rotatable bonds is 4. The van der Waals surface area contributed by atoms with E-state index in [1.807, 2.05) is 13.8 Å². The summed E-state index contributed by atoms with van der Waals surface area (Å²) in [6, 6.07) is 2.86. The molecule has 0 N–H and O–H groups in total. The Kier molecular flexibility index (Phi) is 4.72. The van der Waals surface area contributed by atoms with Gasteiger partial charge in [-0.25, -0.2) is 9.18 Å². The van der Waals surface area contributed by atoms with E-state index in [9.17, 15) is 9.18 Å². The van der Waals surface area contributed by atoms with Gasteiger partial charge in [0.1, 0.15) is 27.8 Å². The molecule has 0 radical (unpaired) electrons. The topological polar surface area (TPSA) is 57.0 Å². The number of halogens is 2. The number of carbonyl (C=O) groups is 1. The maximum Gasteiger partial charge on any atom is 0.343 e. The molecule has 2 rings (SSSR count). The summed E-state index contributed by atoms with van der Waals surface area (Å²) in [5.74, 6) is -1.08. The van der Waals surface area contributed by atoms with Gasteiger partial charge in [0, 0.05) is 12.2 Å². The highest BCUT2D eigenvalue weighted by atomic mass is 79.9. The summed E-state index contributed by atoms with van der Waals surface area (Å²) in [4.78, 5) is 16.0. The molecule has 0 spiro atoms. The molecule has 0 unspecified atom stereocenters. The van der Waals surface area contributed by atoms with Crippen molar-refractivity contribution >= 4 is 21.9 Å². The molecule has 0 saturated carbocycles. The van der Waals surface area contributed by atoms with Crippen LogP contribution in [-0.2, 0) is 4.74 Å². The number of nitrogens with zero attached hydrogens (tertiary/aromatic N) is 3.